The number of benzene rings is 2. The molecule has 3 rings (SSSR count). The molecular weight excluding hydrogens is 304 g/mol. The summed E-state index contributed by atoms with van der Waals surface area (Å²) in [5.74, 6) is -1.70. The van der Waals surface area contributed by atoms with Crippen LogP contribution in [0.5, 0.6) is 0 Å². The molecule has 1 amide bonds. The molecule has 0 fully saturated rings. The van der Waals surface area contributed by atoms with E-state index in [2.05, 4.69) is 0 Å². The van der Waals surface area contributed by atoms with Crippen molar-refractivity contribution in [2.75, 3.05) is 0 Å². The van der Waals surface area contributed by atoms with Crippen LogP contribution in [0.3, 0.4) is 0 Å². The average Bonchev–Trinajstić information content (AvgIpc) is 2.97. The predicted octanol–water partition coefficient (Wildman–Crippen LogP) is 4.46. The summed E-state index contributed by atoms with van der Waals surface area (Å²) in [6.45, 7) is 0. The van der Waals surface area contributed by atoms with Crippen molar-refractivity contribution in [2.24, 2.45) is 5.73 Å². The molecule has 0 radical (unpaired) electrons. The maximum Gasteiger partial charge on any atom is 0.250 e. The number of hydrogen-bond donors (Lipinski definition) is 1. The molecule has 2 N–H and O–H groups in total. The van der Waals surface area contributed by atoms with Crippen LogP contribution in [-0.4, -0.2) is 5.91 Å². The van der Waals surface area contributed by atoms with E-state index in [-0.39, 0.29) is 0 Å². The van der Waals surface area contributed by atoms with E-state index in [1.54, 1.807) is 35.7 Å². The van der Waals surface area contributed by atoms with Gasteiger partial charge in [0.15, 0.2) is 0 Å². The predicted molar refractivity (Wildman–Crippen MR) is 83.6 cm³/mol. The van der Waals surface area contributed by atoms with E-state index >= 15 is 0 Å². The van der Waals surface area contributed by atoms with Gasteiger partial charge in [0.05, 0.1) is 5.56 Å². The molecule has 2 aromatic carbocycles. The summed E-state index contributed by atoms with van der Waals surface area (Å²) in [6, 6.07) is 12.2. The second kappa shape index (κ2) is 5.69. The third kappa shape index (κ3) is 2.63. The van der Waals surface area contributed by atoms with Gasteiger partial charge < -0.3 is 5.73 Å². The first-order chi connectivity index (χ1) is 10.6. The van der Waals surface area contributed by atoms with Crippen LogP contribution < -0.4 is 5.73 Å². The number of thiophene rings is 1. The zero-order valence-electron chi connectivity index (χ0n) is 11.3. The molecule has 0 saturated carbocycles. The molecule has 0 saturated heterocycles. The van der Waals surface area contributed by atoms with E-state index in [0.717, 1.165) is 16.5 Å². The lowest BCUT2D eigenvalue weighted by Gasteiger charge is -2.06. The smallest absolute Gasteiger partial charge is 0.250 e. The normalized spacial score (nSPS) is 10.6. The molecule has 0 aliphatic carbocycles. The van der Waals surface area contributed by atoms with Crippen molar-refractivity contribution in [3.8, 4) is 21.6 Å². The van der Waals surface area contributed by atoms with Crippen LogP contribution in [0.25, 0.3) is 21.6 Å². The highest BCUT2D eigenvalue weighted by atomic mass is 32.1. The molecule has 1 heterocycles. The SMILES string of the molecule is NC(=O)c1ccsc1-c1ccc(-c2ccc(F)cc2F)cc1. The van der Waals surface area contributed by atoms with Crippen LogP contribution in [0.4, 0.5) is 8.78 Å². The first-order valence-corrected chi connectivity index (χ1v) is 7.37. The molecule has 5 heteroatoms. The Labute approximate surface area is 129 Å². The quantitative estimate of drug-likeness (QED) is 0.762. The fraction of sp³-hybridized carbons (Fsp3) is 0. The van der Waals surface area contributed by atoms with E-state index in [4.69, 9.17) is 5.73 Å². The fourth-order valence-electron chi connectivity index (χ4n) is 2.25. The van der Waals surface area contributed by atoms with Gasteiger partial charge in [0.1, 0.15) is 11.6 Å². The number of nitrogens with two attached hydrogens (primary N) is 1. The summed E-state index contributed by atoms with van der Waals surface area (Å²) in [4.78, 5) is 12.1. The Morgan fingerprint density at radius 3 is 2.27 bits per heavy atom. The Balaban J connectivity index is 1.99. The van der Waals surface area contributed by atoms with Crippen LogP contribution in [-0.2, 0) is 0 Å². The van der Waals surface area contributed by atoms with Gasteiger partial charge in [0.2, 0.25) is 5.91 Å². The molecule has 0 atom stereocenters. The molecule has 0 bridgehead atoms. The monoisotopic (exact) mass is 315 g/mol. The third-order valence-corrected chi connectivity index (χ3v) is 4.28. The van der Waals surface area contributed by atoms with Crippen LogP contribution in [0.2, 0.25) is 0 Å². The van der Waals surface area contributed by atoms with Crippen LogP contribution in [0, 0.1) is 11.6 Å². The third-order valence-electron chi connectivity index (χ3n) is 3.32. The topological polar surface area (TPSA) is 43.1 Å². The van der Waals surface area contributed by atoms with Crippen molar-refractivity contribution in [2.45, 2.75) is 0 Å². The van der Waals surface area contributed by atoms with Gasteiger partial charge in [-0.2, -0.15) is 0 Å². The maximum absolute atomic E-state index is 13.8. The second-order valence-corrected chi connectivity index (χ2v) is 5.65. The number of rotatable bonds is 3. The van der Waals surface area contributed by atoms with E-state index in [1.165, 1.54) is 23.5 Å². The molecule has 22 heavy (non-hydrogen) atoms. The van der Waals surface area contributed by atoms with Gasteiger partial charge >= 0.3 is 0 Å². The molecule has 0 aliphatic heterocycles. The molecule has 0 spiro atoms. The van der Waals surface area contributed by atoms with Gasteiger partial charge in [-0.1, -0.05) is 24.3 Å². The largest absolute Gasteiger partial charge is 0.366 e. The zero-order valence-corrected chi connectivity index (χ0v) is 12.2. The van der Waals surface area contributed by atoms with Crippen molar-refractivity contribution in [1.82, 2.24) is 0 Å². The standard InChI is InChI=1S/C17H11F2NOS/c18-12-5-6-13(15(19)9-12)10-1-3-11(4-2-10)16-14(17(20)21)7-8-22-16/h1-9H,(H2,20,21). The van der Waals surface area contributed by atoms with E-state index in [9.17, 15) is 13.6 Å². The molecule has 0 unspecified atom stereocenters. The molecule has 3 aromatic rings. The summed E-state index contributed by atoms with van der Waals surface area (Å²) in [5, 5.41) is 1.79. The molecule has 2 nitrogen and oxygen atoms in total. The van der Waals surface area contributed by atoms with Crippen LogP contribution in [0.1, 0.15) is 10.4 Å². The van der Waals surface area contributed by atoms with Gasteiger partial charge in [-0.15, -0.1) is 11.3 Å². The Morgan fingerprint density at radius 2 is 1.64 bits per heavy atom. The van der Waals surface area contributed by atoms with Crippen molar-refractivity contribution in [1.29, 1.82) is 0 Å². The number of amides is 1. The number of hydrogen-bond acceptors (Lipinski definition) is 2. The first-order valence-electron chi connectivity index (χ1n) is 6.49. The highest BCUT2D eigenvalue weighted by molar-refractivity contribution is 7.14. The Morgan fingerprint density at radius 1 is 0.955 bits per heavy atom. The number of carbonyl (C=O) groups is 1. The Kier molecular flexibility index (Phi) is 3.73. The van der Waals surface area contributed by atoms with E-state index in [0.29, 0.717) is 16.7 Å². The summed E-state index contributed by atoms with van der Waals surface area (Å²) >= 11 is 1.41. The average molecular weight is 315 g/mol. The molecule has 0 aliphatic rings. The zero-order chi connectivity index (χ0) is 15.7. The maximum atomic E-state index is 13.8. The van der Waals surface area contributed by atoms with E-state index < -0.39 is 17.5 Å². The Hall–Kier alpha value is -2.53. The van der Waals surface area contributed by atoms with Gasteiger partial charge in [0.25, 0.3) is 0 Å². The van der Waals surface area contributed by atoms with Gasteiger partial charge in [-0.25, -0.2) is 8.78 Å². The minimum absolute atomic E-state index is 0.328. The second-order valence-electron chi connectivity index (χ2n) is 4.73. The van der Waals surface area contributed by atoms with Crippen LogP contribution >= 0.6 is 11.3 Å². The minimum Gasteiger partial charge on any atom is -0.366 e. The summed E-state index contributed by atoms with van der Waals surface area (Å²) in [6.07, 6.45) is 0. The highest BCUT2D eigenvalue weighted by Gasteiger charge is 2.12. The Bertz CT molecular complexity index is 840. The highest BCUT2D eigenvalue weighted by Crippen LogP contribution is 2.32. The lowest BCUT2D eigenvalue weighted by molar-refractivity contribution is 0.100. The molecule has 110 valence electrons. The number of carbonyl (C=O) groups excluding carboxylic acids is 1. The van der Waals surface area contributed by atoms with Crippen molar-refractivity contribution in [3.05, 3.63) is 71.1 Å². The first kappa shape index (κ1) is 14.4. The lowest BCUT2D eigenvalue weighted by atomic mass is 10.0. The lowest BCUT2D eigenvalue weighted by Crippen LogP contribution is -2.10. The van der Waals surface area contributed by atoms with Gasteiger partial charge in [0, 0.05) is 16.5 Å². The van der Waals surface area contributed by atoms with Gasteiger partial charge in [-0.3, -0.25) is 4.79 Å². The minimum atomic E-state index is -0.610. The number of primary amides is 1. The van der Waals surface area contributed by atoms with Crippen molar-refractivity contribution in [3.63, 3.8) is 0 Å². The fourth-order valence-corrected chi connectivity index (χ4v) is 3.16. The van der Waals surface area contributed by atoms with Crippen molar-refractivity contribution < 1.29 is 13.6 Å². The molecule has 1 aromatic heterocycles. The summed E-state index contributed by atoms with van der Waals surface area (Å²) < 4.78 is 26.7. The van der Waals surface area contributed by atoms with E-state index in [1.807, 2.05) is 0 Å². The van der Waals surface area contributed by atoms with Crippen LogP contribution in [0.15, 0.2) is 53.9 Å². The van der Waals surface area contributed by atoms with Crippen molar-refractivity contribution >= 4 is 17.2 Å². The summed E-state index contributed by atoms with van der Waals surface area (Å²) in [5.41, 5.74) is 7.59. The van der Waals surface area contributed by atoms with Gasteiger partial charge in [-0.05, 0) is 34.7 Å². The summed E-state index contributed by atoms with van der Waals surface area (Å²) in [7, 11) is 0. The number of halogens is 2. The molecular formula is C17H11F2NOS.